The molecular weight excluding hydrogens is 350 g/mol. The van der Waals surface area contributed by atoms with Gasteiger partial charge in [-0.05, 0) is 31.5 Å². The molecule has 1 aromatic carbocycles. The van der Waals surface area contributed by atoms with Crippen molar-refractivity contribution in [2.24, 2.45) is 0 Å². The lowest BCUT2D eigenvalue weighted by Gasteiger charge is -2.33. The fourth-order valence-electron chi connectivity index (χ4n) is 2.62. The van der Waals surface area contributed by atoms with E-state index in [2.05, 4.69) is 10.1 Å². The Morgan fingerprint density at radius 3 is 2.62 bits per heavy atom. The lowest BCUT2D eigenvalue weighted by Crippen LogP contribution is -2.46. The van der Waals surface area contributed by atoms with Gasteiger partial charge in [0.05, 0.1) is 25.3 Å². The van der Waals surface area contributed by atoms with Gasteiger partial charge in [-0.25, -0.2) is 9.59 Å². The van der Waals surface area contributed by atoms with Gasteiger partial charge in [-0.15, -0.1) is 0 Å². The SMILES string of the molecule is CCOC(=O)C1=C(C)N(C)C(=O)NC1c1ccc(OC)c(OC(F)F)c1. The quantitative estimate of drug-likeness (QED) is 0.780. The summed E-state index contributed by atoms with van der Waals surface area (Å²) in [5, 5.41) is 2.66. The molecule has 2 rings (SSSR count). The van der Waals surface area contributed by atoms with Crippen LogP contribution in [-0.2, 0) is 9.53 Å². The summed E-state index contributed by atoms with van der Waals surface area (Å²) < 4.78 is 39.9. The Balaban J connectivity index is 2.53. The molecule has 26 heavy (non-hydrogen) atoms. The van der Waals surface area contributed by atoms with Crippen molar-refractivity contribution in [1.82, 2.24) is 10.2 Å². The number of nitrogens with zero attached hydrogens (tertiary/aromatic N) is 1. The summed E-state index contributed by atoms with van der Waals surface area (Å²) >= 11 is 0. The number of ether oxygens (including phenoxy) is 3. The van der Waals surface area contributed by atoms with Crippen molar-refractivity contribution >= 4 is 12.0 Å². The first-order valence-electron chi connectivity index (χ1n) is 7.85. The van der Waals surface area contributed by atoms with Crippen LogP contribution >= 0.6 is 0 Å². The highest BCUT2D eigenvalue weighted by Crippen LogP contribution is 2.36. The Kier molecular flexibility index (Phi) is 6.01. The maximum Gasteiger partial charge on any atom is 0.387 e. The van der Waals surface area contributed by atoms with E-state index in [1.165, 1.54) is 31.2 Å². The summed E-state index contributed by atoms with van der Waals surface area (Å²) in [6.07, 6.45) is 0. The number of carbonyl (C=O) groups is 2. The molecular formula is C17H20F2N2O5. The summed E-state index contributed by atoms with van der Waals surface area (Å²) in [5.41, 5.74) is 0.997. The van der Waals surface area contributed by atoms with Crippen LogP contribution in [0.3, 0.4) is 0 Å². The Hall–Kier alpha value is -2.84. The number of alkyl halides is 2. The molecule has 1 aliphatic rings. The summed E-state index contributed by atoms with van der Waals surface area (Å²) in [6, 6.07) is 2.97. The standard InChI is InChI=1S/C17H20F2N2O5/c1-5-25-15(22)13-9(2)21(3)17(23)20-14(13)10-6-7-11(24-4)12(8-10)26-16(18)19/h6-8,14,16H,5H2,1-4H3,(H,20,23). The number of carbonyl (C=O) groups excluding carboxylic acids is 2. The van der Waals surface area contributed by atoms with Crippen LogP contribution in [0.1, 0.15) is 25.5 Å². The molecule has 142 valence electrons. The molecule has 1 unspecified atom stereocenters. The fourth-order valence-corrected chi connectivity index (χ4v) is 2.62. The number of esters is 1. The minimum Gasteiger partial charge on any atom is -0.493 e. The topological polar surface area (TPSA) is 77.1 Å². The minimum atomic E-state index is -3.05. The molecule has 0 saturated heterocycles. The molecule has 0 fully saturated rings. The second kappa shape index (κ2) is 8.03. The van der Waals surface area contributed by atoms with Gasteiger partial charge in [0.15, 0.2) is 11.5 Å². The van der Waals surface area contributed by atoms with E-state index in [0.717, 1.165) is 0 Å². The van der Waals surface area contributed by atoms with Gasteiger partial charge in [0, 0.05) is 12.7 Å². The highest BCUT2D eigenvalue weighted by molar-refractivity contribution is 5.95. The highest BCUT2D eigenvalue weighted by atomic mass is 19.3. The zero-order chi connectivity index (χ0) is 19.4. The lowest BCUT2D eigenvalue weighted by atomic mass is 9.94. The number of benzene rings is 1. The maximum absolute atomic E-state index is 12.7. The van der Waals surface area contributed by atoms with Crippen LogP contribution in [0.4, 0.5) is 13.6 Å². The number of methoxy groups -OCH3 is 1. The third-order valence-corrected chi connectivity index (χ3v) is 3.99. The van der Waals surface area contributed by atoms with Gasteiger partial charge >= 0.3 is 18.6 Å². The largest absolute Gasteiger partial charge is 0.493 e. The number of hydrogen-bond acceptors (Lipinski definition) is 5. The molecule has 0 radical (unpaired) electrons. The third kappa shape index (κ3) is 3.87. The molecule has 1 aromatic rings. The van der Waals surface area contributed by atoms with Crippen molar-refractivity contribution in [2.45, 2.75) is 26.5 Å². The Morgan fingerprint density at radius 2 is 2.04 bits per heavy atom. The number of halogens is 2. The number of urea groups is 1. The van der Waals surface area contributed by atoms with Gasteiger partial charge in [-0.1, -0.05) is 6.07 Å². The molecule has 1 aliphatic heterocycles. The fraction of sp³-hybridized carbons (Fsp3) is 0.412. The third-order valence-electron chi connectivity index (χ3n) is 3.99. The van der Waals surface area contributed by atoms with Gasteiger partial charge in [-0.3, -0.25) is 0 Å². The summed E-state index contributed by atoms with van der Waals surface area (Å²) in [6.45, 7) is 0.379. The normalized spacial score (nSPS) is 17.3. The maximum atomic E-state index is 12.7. The van der Waals surface area contributed by atoms with Gasteiger partial charge in [-0.2, -0.15) is 8.78 Å². The van der Waals surface area contributed by atoms with Gasteiger partial charge in [0.2, 0.25) is 0 Å². The van der Waals surface area contributed by atoms with E-state index >= 15 is 0 Å². The number of nitrogens with one attached hydrogen (secondary N) is 1. The van der Waals surface area contributed by atoms with Crippen molar-refractivity contribution < 1.29 is 32.6 Å². The number of hydrogen-bond donors (Lipinski definition) is 1. The zero-order valence-corrected chi connectivity index (χ0v) is 14.8. The molecule has 0 spiro atoms. The first-order valence-corrected chi connectivity index (χ1v) is 7.85. The van der Waals surface area contributed by atoms with E-state index in [1.807, 2.05) is 0 Å². The second-order valence-electron chi connectivity index (χ2n) is 5.45. The molecule has 9 heteroatoms. The van der Waals surface area contributed by atoms with Crippen LogP contribution in [-0.4, -0.2) is 44.3 Å². The Morgan fingerprint density at radius 1 is 1.35 bits per heavy atom. The molecule has 1 N–H and O–H groups in total. The molecule has 7 nitrogen and oxygen atoms in total. The second-order valence-corrected chi connectivity index (χ2v) is 5.45. The van der Waals surface area contributed by atoms with E-state index in [1.54, 1.807) is 19.9 Å². The van der Waals surface area contributed by atoms with E-state index in [0.29, 0.717) is 11.3 Å². The summed E-state index contributed by atoms with van der Waals surface area (Å²) in [7, 11) is 2.83. The first-order chi connectivity index (χ1) is 12.3. The zero-order valence-electron chi connectivity index (χ0n) is 14.8. The molecule has 0 bridgehead atoms. The minimum absolute atomic E-state index is 0.103. The molecule has 1 atom stereocenters. The van der Waals surface area contributed by atoms with E-state index in [9.17, 15) is 18.4 Å². The van der Waals surface area contributed by atoms with Crippen molar-refractivity contribution in [1.29, 1.82) is 0 Å². The smallest absolute Gasteiger partial charge is 0.387 e. The lowest BCUT2D eigenvalue weighted by molar-refractivity contribution is -0.139. The predicted octanol–water partition coefficient (Wildman–Crippen LogP) is 2.83. The van der Waals surface area contributed by atoms with E-state index < -0.39 is 24.7 Å². The van der Waals surface area contributed by atoms with Crippen molar-refractivity contribution in [2.75, 3.05) is 20.8 Å². The highest BCUT2D eigenvalue weighted by Gasteiger charge is 2.35. The molecule has 0 aromatic heterocycles. The molecule has 0 saturated carbocycles. The monoisotopic (exact) mass is 370 g/mol. The predicted molar refractivity (Wildman–Crippen MR) is 88.0 cm³/mol. The van der Waals surface area contributed by atoms with Crippen LogP contribution < -0.4 is 14.8 Å². The number of allylic oxidation sites excluding steroid dienone is 1. The van der Waals surface area contributed by atoms with Gasteiger partial charge in [0.1, 0.15) is 0 Å². The average molecular weight is 370 g/mol. The first kappa shape index (κ1) is 19.5. The Labute approximate surface area is 149 Å². The van der Waals surface area contributed by atoms with Crippen molar-refractivity contribution in [3.05, 3.63) is 35.0 Å². The van der Waals surface area contributed by atoms with Crippen LogP contribution in [0, 0.1) is 0 Å². The summed E-state index contributed by atoms with van der Waals surface area (Å²) in [4.78, 5) is 25.8. The van der Waals surface area contributed by atoms with Crippen molar-refractivity contribution in [3.8, 4) is 11.5 Å². The van der Waals surface area contributed by atoms with Crippen LogP contribution in [0.25, 0.3) is 0 Å². The van der Waals surface area contributed by atoms with E-state index in [-0.39, 0.29) is 23.7 Å². The number of amides is 2. The molecule has 0 aliphatic carbocycles. The molecule has 2 amide bonds. The van der Waals surface area contributed by atoms with Crippen LogP contribution in [0.15, 0.2) is 29.5 Å². The van der Waals surface area contributed by atoms with Gasteiger partial charge in [0.25, 0.3) is 0 Å². The van der Waals surface area contributed by atoms with Gasteiger partial charge < -0.3 is 24.4 Å². The molecule has 1 heterocycles. The van der Waals surface area contributed by atoms with E-state index in [4.69, 9.17) is 9.47 Å². The van der Waals surface area contributed by atoms with Crippen LogP contribution in [0.2, 0.25) is 0 Å². The Bertz CT molecular complexity index is 736. The average Bonchev–Trinajstić information content (AvgIpc) is 2.58. The number of rotatable bonds is 6. The summed E-state index contributed by atoms with van der Waals surface area (Å²) in [5.74, 6) is -0.699. The van der Waals surface area contributed by atoms with Crippen LogP contribution in [0.5, 0.6) is 11.5 Å². The van der Waals surface area contributed by atoms with Crippen molar-refractivity contribution in [3.63, 3.8) is 0 Å².